The van der Waals surface area contributed by atoms with Crippen molar-refractivity contribution in [3.8, 4) is 0 Å². The van der Waals surface area contributed by atoms with Crippen LogP contribution in [0.4, 0.5) is 0 Å². The van der Waals surface area contributed by atoms with Gasteiger partial charge in [0.25, 0.3) is 0 Å². The van der Waals surface area contributed by atoms with Crippen molar-refractivity contribution < 1.29 is 9.90 Å². The minimum absolute atomic E-state index is 0.216. The number of hydrogen-bond donors (Lipinski definition) is 2. The molecule has 1 heterocycles. The second-order valence-electron chi connectivity index (χ2n) is 4.74. The minimum Gasteiger partial charge on any atom is -0.481 e. The molecule has 1 fully saturated rings. The average Bonchev–Trinajstić information content (AvgIpc) is 2.28. The van der Waals surface area contributed by atoms with Gasteiger partial charge in [-0.25, -0.2) is 0 Å². The molecule has 0 aliphatic carbocycles. The van der Waals surface area contributed by atoms with Gasteiger partial charge in [-0.15, -0.1) is 0 Å². The van der Waals surface area contributed by atoms with E-state index < -0.39 is 5.97 Å². The van der Waals surface area contributed by atoms with Gasteiger partial charge in [0.05, 0.1) is 5.92 Å². The van der Waals surface area contributed by atoms with Crippen LogP contribution in [0, 0.1) is 5.92 Å². The molecule has 0 radical (unpaired) electrons. The summed E-state index contributed by atoms with van der Waals surface area (Å²) < 4.78 is 0. The molecule has 0 aromatic carbocycles. The largest absolute Gasteiger partial charge is 0.481 e. The highest BCUT2D eigenvalue weighted by atomic mass is 16.4. The van der Waals surface area contributed by atoms with Crippen LogP contribution in [0.5, 0.6) is 0 Å². The number of likely N-dealkylation sites (tertiary alicyclic amines) is 1. The van der Waals surface area contributed by atoms with E-state index in [2.05, 4.69) is 31.0 Å². The van der Waals surface area contributed by atoms with E-state index in [0.717, 1.165) is 25.9 Å². The maximum absolute atomic E-state index is 11.1. The fraction of sp³-hybridized carbons (Fsp3) is 0.917. The first kappa shape index (κ1) is 13.5. The number of hydrogen-bond acceptors (Lipinski definition) is 3. The van der Waals surface area contributed by atoms with Crippen molar-refractivity contribution in [2.45, 2.75) is 45.7 Å². The predicted molar refractivity (Wildman–Crippen MR) is 64.5 cm³/mol. The van der Waals surface area contributed by atoms with Crippen LogP contribution >= 0.6 is 0 Å². The molecule has 0 aromatic heterocycles. The van der Waals surface area contributed by atoms with Crippen LogP contribution in [0.1, 0.15) is 33.6 Å². The van der Waals surface area contributed by atoms with Crippen LogP contribution in [0.3, 0.4) is 0 Å². The normalized spacial score (nSPS) is 28.9. The molecule has 0 bridgehead atoms. The average molecular weight is 228 g/mol. The van der Waals surface area contributed by atoms with Gasteiger partial charge >= 0.3 is 5.97 Å². The predicted octanol–water partition coefficient (Wildman–Crippen LogP) is 1.17. The molecular formula is C12H24N2O2. The van der Waals surface area contributed by atoms with Crippen LogP contribution in [0.15, 0.2) is 0 Å². The third-order valence-corrected chi connectivity index (χ3v) is 3.54. The van der Waals surface area contributed by atoms with Crippen LogP contribution in [-0.4, -0.2) is 47.7 Å². The second-order valence-corrected chi connectivity index (χ2v) is 4.74. The van der Waals surface area contributed by atoms with Gasteiger partial charge in [0.2, 0.25) is 0 Å². The second kappa shape index (κ2) is 6.21. The summed E-state index contributed by atoms with van der Waals surface area (Å²) in [5.74, 6) is -0.872. The summed E-state index contributed by atoms with van der Waals surface area (Å²) in [6.07, 6.45) is 1.83. The Bertz CT molecular complexity index is 233. The molecule has 0 amide bonds. The molecule has 1 saturated heterocycles. The van der Waals surface area contributed by atoms with Crippen molar-refractivity contribution in [3.63, 3.8) is 0 Å². The highest BCUT2D eigenvalue weighted by Crippen LogP contribution is 2.20. The van der Waals surface area contributed by atoms with Crippen molar-refractivity contribution >= 4 is 5.97 Å². The maximum atomic E-state index is 11.1. The summed E-state index contributed by atoms with van der Waals surface area (Å²) in [4.78, 5) is 13.4. The summed E-state index contributed by atoms with van der Waals surface area (Å²) in [5, 5.41) is 12.5. The van der Waals surface area contributed by atoms with Gasteiger partial charge in [0.1, 0.15) is 0 Å². The Morgan fingerprint density at radius 1 is 1.50 bits per heavy atom. The lowest BCUT2D eigenvalue weighted by atomic mass is 9.93. The van der Waals surface area contributed by atoms with Gasteiger partial charge < -0.3 is 10.4 Å². The SMILES string of the molecule is CCNC1CC(C(=O)O)CN(C(C)CC)C1. The van der Waals surface area contributed by atoms with E-state index in [-0.39, 0.29) is 5.92 Å². The molecule has 0 aromatic rings. The van der Waals surface area contributed by atoms with E-state index in [1.807, 2.05) is 0 Å². The monoisotopic (exact) mass is 228 g/mol. The van der Waals surface area contributed by atoms with Crippen LogP contribution in [0.25, 0.3) is 0 Å². The molecule has 0 saturated carbocycles. The van der Waals surface area contributed by atoms with Gasteiger partial charge in [0.15, 0.2) is 0 Å². The highest BCUT2D eigenvalue weighted by molar-refractivity contribution is 5.70. The number of rotatable bonds is 5. The fourth-order valence-electron chi connectivity index (χ4n) is 2.37. The Hall–Kier alpha value is -0.610. The molecule has 2 N–H and O–H groups in total. The molecule has 16 heavy (non-hydrogen) atoms. The standard InChI is InChI=1S/C12H24N2O2/c1-4-9(3)14-7-10(12(15)16)6-11(8-14)13-5-2/h9-11,13H,4-8H2,1-3H3,(H,15,16). The Morgan fingerprint density at radius 2 is 2.19 bits per heavy atom. The summed E-state index contributed by atoms with van der Waals surface area (Å²) in [6, 6.07) is 0.803. The van der Waals surface area contributed by atoms with Crippen LogP contribution in [-0.2, 0) is 4.79 Å². The molecular weight excluding hydrogens is 204 g/mol. The third kappa shape index (κ3) is 3.46. The lowest BCUT2D eigenvalue weighted by Crippen LogP contribution is -2.53. The quantitative estimate of drug-likeness (QED) is 0.741. The first-order valence-electron chi connectivity index (χ1n) is 6.28. The van der Waals surface area contributed by atoms with Crippen molar-refractivity contribution in [1.29, 1.82) is 0 Å². The molecule has 3 atom stereocenters. The van der Waals surface area contributed by atoms with E-state index >= 15 is 0 Å². The molecule has 3 unspecified atom stereocenters. The van der Waals surface area contributed by atoms with Crippen LogP contribution < -0.4 is 5.32 Å². The van der Waals surface area contributed by atoms with E-state index in [0.29, 0.717) is 18.6 Å². The zero-order chi connectivity index (χ0) is 12.1. The zero-order valence-corrected chi connectivity index (χ0v) is 10.6. The number of aliphatic carboxylic acids is 1. The number of piperidine rings is 1. The molecule has 1 aliphatic heterocycles. The molecule has 0 spiro atoms. The first-order chi connectivity index (χ1) is 7.58. The van der Waals surface area contributed by atoms with Gasteiger partial charge in [0, 0.05) is 25.2 Å². The lowest BCUT2D eigenvalue weighted by molar-refractivity contribution is -0.144. The fourth-order valence-corrected chi connectivity index (χ4v) is 2.37. The molecule has 1 aliphatic rings. The van der Waals surface area contributed by atoms with Gasteiger partial charge in [-0.1, -0.05) is 13.8 Å². The van der Waals surface area contributed by atoms with Gasteiger partial charge in [-0.2, -0.15) is 0 Å². The van der Waals surface area contributed by atoms with E-state index in [9.17, 15) is 4.79 Å². The number of carbonyl (C=O) groups is 1. The van der Waals surface area contributed by atoms with Crippen molar-refractivity contribution in [2.24, 2.45) is 5.92 Å². The number of carboxylic acids is 1. The summed E-state index contributed by atoms with van der Waals surface area (Å²) in [6.45, 7) is 8.98. The van der Waals surface area contributed by atoms with E-state index in [1.165, 1.54) is 0 Å². The Kier molecular flexibility index (Phi) is 5.22. The molecule has 1 rings (SSSR count). The first-order valence-corrected chi connectivity index (χ1v) is 6.28. The number of nitrogens with zero attached hydrogens (tertiary/aromatic N) is 1. The number of likely N-dealkylation sites (N-methyl/N-ethyl adjacent to an activating group) is 1. The lowest BCUT2D eigenvalue weighted by Gasteiger charge is -2.39. The highest BCUT2D eigenvalue weighted by Gasteiger charge is 2.32. The Morgan fingerprint density at radius 3 is 2.69 bits per heavy atom. The molecule has 94 valence electrons. The van der Waals surface area contributed by atoms with E-state index in [4.69, 9.17) is 5.11 Å². The van der Waals surface area contributed by atoms with Crippen molar-refractivity contribution in [1.82, 2.24) is 10.2 Å². The number of carboxylic acid groups (broad SMARTS) is 1. The van der Waals surface area contributed by atoms with Crippen molar-refractivity contribution in [3.05, 3.63) is 0 Å². The van der Waals surface area contributed by atoms with E-state index in [1.54, 1.807) is 0 Å². The Balaban J connectivity index is 2.62. The van der Waals surface area contributed by atoms with Gasteiger partial charge in [-0.3, -0.25) is 9.69 Å². The topological polar surface area (TPSA) is 52.6 Å². The number of nitrogens with one attached hydrogen (secondary N) is 1. The van der Waals surface area contributed by atoms with Crippen LogP contribution in [0.2, 0.25) is 0 Å². The minimum atomic E-state index is -0.657. The smallest absolute Gasteiger partial charge is 0.307 e. The maximum Gasteiger partial charge on any atom is 0.307 e. The van der Waals surface area contributed by atoms with Gasteiger partial charge in [-0.05, 0) is 26.3 Å². The Labute approximate surface area is 98.0 Å². The molecule has 4 heteroatoms. The summed E-state index contributed by atoms with van der Waals surface area (Å²) >= 11 is 0. The third-order valence-electron chi connectivity index (χ3n) is 3.54. The summed E-state index contributed by atoms with van der Waals surface area (Å²) in [7, 11) is 0. The zero-order valence-electron chi connectivity index (χ0n) is 10.6. The molecule has 4 nitrogen and oxygen atoms in total. The summed E-state index contributed by atoms with van der Waals surface area (Å²) in [5.41, 5.74) is 0. The van der Waals surface area contributed by atoms with Crippen molar-refractivity contribution in [2.75, 3.05) is 19.6 Å².